The monoisotopic (exact) mass is 394 g/mol. The minimum Gasteiger partial charge on any atom is -0.423 e. The first-order valence-electron chi connectivity index (χ1n) is 7.72. The molecular weight excluding hydrogens is 381 g/mol. The van der Waals surface area contributed by atoms with Crippen molar-refractivity contribution in [2.45, 2.75) is 32.1 Å². The summed E-state index contributed by atoms with van der Waals surface area (Å²) in [6.07, 6.45) is -9.21. The van der Waals surface area contributed by atoms with Gasteiger partial charge in [-0.25, -0.2) is 9.18 Å². The zero-order valence-electron chi connectivity index (χ0n) is 13.8. The first-order valence-corrected chi connectivity index (χ1v) is 7.72. The molecule has 0 aliphatic heterocycles. The third kappa shape index (κ3) is 4.99. The highest BCUT2D eigenvalue weighted by Crippen LogP contribution is 2.41. The molecule has 2 aromatic rings. The molecule has 0 radical (unpaired) electrons. The maximum absolute atomic E-state index is 13.6. The van der Waals surface area contributed by atoms with Gasteiger partial charge >= 0.3 is 18.3 Å². The minimum atomic E-state index is -5.39. The van der Waals surface area contributed by atoms with E-state index in [1.807, 2.05) is 6.92 Å². The number of hydrogen-bond acceptors (Lipinski definition) is 2. The van der Waals surface area contributed by atoms with Crippen LogP contribution in [-0.4, -0.2) is 5.97 Å². The molecule has 0 aliphatic carbocycles. The SMILES string of the molecule is CCCc1ccc(C(=O)Oc2cc(C(F)(F)F)c(F)c(C(F)(F)F)c2)cc1. The number of halogens is 7. The lowest BCUT2D eigenvalue weighted by Crippen LogP contribution is -2.17. The van der Waals surface area contributed by atoms with Crippen LogP contribution in [0.2, 0.25) is 0 Å². The number of carbonyl (C=O) groups excluding carboxylic acids is 1. The molecule has 0 spiro atoms. The zero-order valence-corrected chi connectivity index (χ0v) is 13.8. The fraction of sp³-hybridized carbons (Fsp3) is 0.278. The summed E-state index contributed by atoms with van der Waals surface area (Å²) >= 11 is 0. The molecule has 0 bridgehead atoms. The Hall–Kier alpha value is -2.58. The summed E-state index contributed by atoms with van der Waals surface area (Å²) in [6, 6.07) is 5.90. The number of rotatable bonds is 4. The lowest BCUT2D eigenvalue weighted by atomic mass is 10.1. The molecule has 0 amide bonds. The van der Waals surface area contributed by atoms with E-state index in [9.17, 15) is 35.5 Å². The molecule has 0 fully saturated rings. The predicted molar refractivity (Wildman–Crippen MR) is 81.8 cm³/mol. The van der Waals surface area contributed by atoms with Crippen LogP contribution in [-0.2, 0) is 18.8 Å². The van der Waals surface area contributed by atoms with E-state index in [1.165, 1.54) is 12.1 Å². The maximum atomic E-state index is 13.6. The first-order chi connectivity index (χ1) is 12.4. The number of esters is 1. The fourth-order valence-electron chi connectivity index (χ4n) is 2.33. The number of ether oxygens (including phenoxy) is 1. The zero-order chi connectivity index (χ0) is 20.4. The van der Waals surface area contributed by atoms with Crippen LogP contribution in [0.4, 0.5) is 30.7 Å². The molecule has 27 heavy (non-hydrogen) atoms. The van der Waals surface area contributed by atoms with Crippen molar-refractivity contribution in [3.8, 4) is 5.75 Å². The van der Waals surface area contributed by atoms with Crippen molar-refractivity contribution < 1.29 is 40.3 Å². The topological polar surface area (TPSA) is 26.3 Å². The molecule has 0 aromatic heterocycles. The van der Waals surface area contributed by atoms with Crippen LogP contribution in [0.5, 0.6) is 5.75 Å². The second kappa shape index (κ2) is 7.58. The van der Waals surface area contributed by atoms with Crippen molar-refractivity contribution in [1.82, 2.24) is 0 Å². The van der Waals surface area contributed by atoms with Gasteiger partial charge in [0.05, 0.1) is 16.7 Å². The summed E-state index contributed by atoms with van der Waals surface area (Å²) in [7, 11) is 0. The van der Waals surface area contributed by atoms with Crippen LogP contribution >= 0.6 is 0 Å². The van der Waals surface area contributed by atoms with Crippen LogP contribution in [0.15, 0.2) is 36.4 Å². The third-order valence-electron chi connectivity index (χ3n) is 3.60. The summed E-state index contributed by atoms with van der Waals surface area (Å²) in [4.78, 5) is 12.0. The lowest BCUT2D eigenvalue weighted by molar-refractivity contribution is -0.147. The van der Waals surface area contributed by atoms with E-state index in [0.29, 0.717) is 0 Å². The van der Waals surface area contributed by atoms with Crippen molar-refractivity contribution >= 4 is 5.97 Å². The lowest BCUT2D eigenvalue weighted by Gasteiger charge is -2.15. The minimum absolute atomic E-state index is 0.0218. The van der Waals surface area contributed by atoms with Gasteiger partial charge in [-0.15, -0.1) is 0 Å². The molecular formula is C18H13F7O2. The van der Waals surface area contributed by atoms with Gasteiger partial charge in [0, 0.05) is 0 Å². The molecule has 0 heterocycles. The molecule has 0 aliphatic rings. The van der Waals surface area contributed by atoms with Crippen molar-refractivity contribution in [2.24, 2.45) is 0 Å². The van der Waals surface area contributed by atoms with Gasteiger partial charge in [-0.1, -0.05) is 25.5 Å². The number of aryl methyl sites for hydroxylation is 1. The van der Waals surface area contributed by atoms with Crippen molar-refractivity contribution in [3.63, 3.8) is 0 Å². The van der Waals surface area contributed by atoms with Gasteiger partial charge in [0.2, 0.25) is 0 Å². The molecule has 0 saturated carbocycles. The second-order valence-electron chi connectivity index (χ2n) is 5.66. The van der Waals surface area contributed by atoms with E-state index in [-0.39, 0.29) is 17.7 Å². The number of benzene rings is 2. The van der Waals surface area contributed by atoms with Crippen LogP contribution in [0.25, 0.3) is 0 Å². The van der Waals surface area contributed by atoms with E-state index in [0.717, 1.165) is 18.4 Å². The van der Waals surface area contributed by atoms with E-state index in [4.69, 9.17) is 0 Å². The Balaban J connectivity index is 2.38. The summed E-state index contributed by atoms with van der Waals surface area (Å²) in [5.41, 5.74) is -3.51. The maximum Gasteiger partial charge on any atom is 0.419 e. The highest BCUT2D eigenvalue weighted by molar-refractivity contribution is 5.91. The first kappa shape index (κ1) is 20.7. The Labute approximate surface area is 149 Å². The normalized spacial score (nSPS) is 12.1. The highest BCUT2D eigenvalue weighted by atomic mass is 19.4. The molecule has 2 nitrogen and oxygen atoms in total. The summed E-state index contributed by atoms with van der Waals surface area (Å²) in [6.45, 7) is 1.94. The molecule has 0 saturated heterocycles. The fourth-order valence-corrected chi connectivity index (χ4v) is 2.33. The van der Waals surface area contributed by atoms with E-state index >= 15 is 0 Å². The molecule has 9 heteroatoms. The molecule has 0 N–H and O–H groups in total. The smallest absolute Gasteiger partial charge is 0.419 e. The largest absolute Gasteiger partial charge is 0.423 e. The Morgan fingerprint density at radius 1 is 0.926 bits per heavy atom. The summed E-state index contributed by atoms with van der Waals surface area (Å²) in [5.74, 6) is -4.69. The van der Waals surface area contributed by atoms with Gasteiger partial charge in [0.15, 0.2) is 0 Å². The standard InChI is InChI=1S/C18H13F7O2/c1-2-3-10-4-6-11(7-5-10)16(26)27-12-8-13(17(20,21)22)15(19)14(9-12)18(23,24)25/h4-9H,2-3H2,1H3. The quantitative estimate of drug-likeness (QED) is 0.359. The Morgan fingerprint density at radius 2 is 1.41 bits per heavy atom. The van der Waals surface area contributed by atoms with Crippen LogP contribution in [0, 0.1) is 5.82 Å². The van der Waals surface area contributed by atoms with Crippen molar-refractivity contribution in [2.75, 3.05) is 0 Å². The van der Waals surface area contributed by atoms with Crippen molar-refractivity contribution in [1.29, 1.82) is 0 Å². The van der Waals surface area contributed by atoms with E-state index in [1.54, 1.807) is 12.1 Å². The number of hydrogen-bond donors (Lipinski definition) is 0. The molecule has 0 unspecified atom stereocenters. The van der Waals surface area contributed by atoms with Gasteiger partial charge in [-0.2, -0.15) is 26.3 Å². The Morgan fingerprint density at radius 3 is 1.81 bits per heavy atom. The molecule has 2 aromatic carbocycles. The molecule has 2 rings (SSSR count). The van der Waals surface area contributed by atoms with Crippen LogP contribution < -0.4 is 4.74 Å². The van der Waals surface area contributed by atoms with Gasteiger partial charge in [-0.3, -0.25) is 0 Å². The van der Waals surface area contributed by atoms with E-state index < -0.39 is 41.0 Å². The predicted octanol–water partition coefficient (Wildman–Crippen LogP) is 6.04. The van der Waals surface area contributed by atoms with Crippen LogP contribution in [0.3, 0.4) is 0 Å². The average molecular weight is 394 g/mol. The second-order valence-corrected chi connectivity index (χ2v) is 5.66. The van der Waals surface area contributed by atoms with Gasteiger partial charge in [0.25, 0.3) is 0 Å². The van der Waals surface area contributed by atoms with Gasteiger partial charge in [0.1, 0.15) is 11.6 Å². The highest BCUT2D eigenvalue weighted by Gasteiger charge is 2.42. The summed E-state index contributed by atoms with van der Waals surface area (Å²) < 4.78 is 95.2. The Bertz CT molecular complexity index is 786. The van der Waals surface area contributed by atoms with E-state index in [2.05, 4.69) is 4.74 Å². The van der Waals surface area contributed by atoms with Crippen LogP contribution in [0.1, 0.15) is 40.4 Å². The van der Waals surface area contributed by atoms with Crippen molar-refractivity contribution in [3.05, 3.63) is 64.5 Å². The van der Waals surface area contributed by atoms with Gasteiger partial charge in [-0.05, 0) is 36.2 Å². The molecule has 0 atom stereocenters. The number of alkyl halides is 6. The molecule has 146 valence electrons. The Kier molecular flexibility index (Phi) is 5.82. The third-order valence-corrected chi connectivity index (χ3v) is 3.60. The van der Waals surface area contributed by atoms with Gasteiger partial charge < -0.3 is 4.74 Å². The average Bonchev–Trinajstić information content (AvgIpc) is 2.55. The summed E-state index contributed by atoms with van der Waals surface area (Å²) in [5, 5.41) is 0. The number of carbonyl (C=O) groups is 1.